The third-order valence-electron chi connectivity index (χ3n) is 1.30. The summed E-state index contributed by atoms with van der Waals surface area (Å²) in [6.07, 6.45) is 3.51. The number of aromatic nitrogens is 2. The van der Waals surface area contributed by atoms with Crippen molar-refractivity contribution in [1.82, 2.24) is 9.55 Å². The fourth-order valence-electron chi connectivity index (χ4n) is 0.886. The Bertz CT molecular complexity index is 252. The highest BCUT2D eigenvalue weighted by atomic mass is 16.3. The maximum Gasteiger partial charge on any atom is 0.0953 e. The quantitative estimate of drug-likeness (QED) is 0.655. The molecule has 0 unspecified atom stereocenters. The Kier molecular flexibility index (Phi) is 2.44. The Hall–Kier alpha value is -1.09. The van der Waals surface area contributed by atoms with Crippen LogP contribution >= 0.6 is 0 Å². The molecule has 0 aliphatic heterocycles. The zero-order valence-electron chi connectivity index (χ0n) is 6.62. The Morgan fingerprint density at radius 3 is 3.00 bits per heavy atom. The maximum atomic E-state index is 8.69. The summed E-state index contributed by atoms with van der Waals surface area (Å²) in [6, 6.07) is 0. The smallest absolute Gasteiger partial charge is 0.0953 e. The van der Waals surface area contributed by atoms with Gasteiger partial charge in [0.15, 0.2) is 0 Å². The summed E-state index contributed by atoms with van der Waals surface area (Å²) in [5.41, 5.74) is 1.78. The van der Waals surface area contributed by atoms with Gasteiger partial charge in [-0.05, 0) is 6.92 Å². The van der Waals surface area contributed by atoms with Gasteiger partial charge >= 0.3 is 0 Å². The molecule has 3 nitrogen and oxygen atoms in total. The van der Waals surface area contributed by atoms with Crippen LogP contribution in [0.3, 0.4) is 0 Å². The molecule has 1 rings (SSSR count). The number of hydrogen-bond donors (Lipinski definition) is 1. The second kappa shape index (κ2) is 3.34. The van der Waals surface area contributed by atoms with Crippen LogP contribution in [0, 0.1) is 0 Å². The molecule has 60 valence electrons. The summed E-state index contributed by atoms with van der Waals surface area (Å²) in [5, 5.41) is 8.69. The second-order valence-corrected chi connectivity index (χ2v) is 2.65. The summed E-state index contributed by atoms with van der Waals surface area (Å²) in [7, 11) is 0. The van der Waals surface area contributed by atoms with Crippen molar-refractivity contribution in [2.24, 2.45) is 0 Å². The van der Waals surface area contributed by atoms with Crippen molar-refractivity contribution < 1.29 is 5.11 Å². The van der Waals surface area contributed by atoms with Gasteiger partial charge in [0.1, 0.15) is 0 Å². The molecule has 0 amide bonds. The molecule has 1 aromatic heterocycles. The predicted octanol–water partition coefficient (Wildman–Crippen LogP) is 0.952. The lowest BCUT2D eigenvalue weighted by Gasteiger charge is -1.98. The van der Waals surface area contributed by atoms with E-state index in [1.165, 1.54) is 0 Å². The van der Waals surface area contributed by atoms with Gasteiger partial charge in [-0.2, -0.15) is 0 Å². The summed E-state index contributed by atoms with van der Waals surface area (Å²) in [4.78, 5) is 3.96. The summed E-state index contributed by atoms with van der Waals surface area (Å²) < 4.78 is 1.90. The molecule has 0 fully saturated rings. The van der Waals surface area contributed by atoms with E-state index in [1.54, 1.807) is 6.33 Å². The van der Waals surface area contributed by atoms with E-state index in [4.69, 9.17) is 5.11 Å². The highest BCUT2D eigenvalue weighted by Crippen LogP contribution is 1.99. The van der Waals surface area contributed by atoms with E-state index in [2.05, 4.69) is 11.6 Å². The highest BCUT2D eigenvalue weighted by Gasteiger charge is 1.95. The minimum absolute atomic E-state index is 0.00317. The summed E-state index contributed by atoms with van der Waals surface area (Å²) in [5.74, 6) is 0. The van der Waals surface area contributed by atoms with Crippen molar-refractivity contribution in [1.29, 1.82) is 0 Å². The third-order valence-corrected chi connectivity index (χ3v) is 1.30. The van der Waals surface area contributed by atoms with Crippen molar-refractivity contribution in [3.8, 4) is 0 Å². The largest absolute Gasteiger partial charge is 0.390 e. The van der Waals surface area contributed by atoms with E-state index < -0.39 is 0 Å². The van der Waals surface area contributed by atoms with Gasteiger partial charge in [0, 0.05) is 12.7 Å². The molecule has 0 spiro atoms. The van der Waals surface area contributed by atoms with E-state index in [0.29, 0.717) is 5.69 Å². The van der Waals surface area contributed by atoms with Crippen LogP contribution < -0.4 is 0 Å². The Labute approximate surface area is 66.0 Å². The van der Waals surface area contributed by atoms with Crippen molar-refractivity contribution >= 4 is 0 Å². The first-order valence-electron chi connectivity index (χ1n) is 3.48. The first-order chi connectivity index (χ1) is 5.22. The third kappa shape index (κ3) is 2.20. The Morgan fingerprint density at radius 2 is 2.55 bits per heavy atom. The maximum absolute atomic E-state index is 8.69. The molecule has 0 radical (unpaired) electrons. The van der Waals surface area contributed by atoms with Crippen LogP contribution in [0.15, 0.2) is 24.7 Å². The van der Waals surface area contributed by atoms with Crippen LogP contribution in [-0.4, -0.2) is 14.7 Å². The van der Waals surface area contributed by atoms with E-state index in [9.17, 15) is 0 Å². The molecule has 0 aliphatic rings. The van der Waals surface area contributed by atoms with Crippen LogP contribution in [0.5, 0.6) is 0 Å². The number of aliphatic hydroxyl groups excluding tert-OH is 1. The summed E-state index contributed by atoms with van der Waals surface area (Å²) >= 11 is 0. The molecule has 0 atom stereocenters. The number of aliphatic hydroxyl groups is 1. The molecule has 0 saturated heterocycles. The predicted molar refractivity (Wildman–Crippen MR) is 43.0 cm³/mol. The molecular formula is C8H12N2O. The fraction of sp³-hybridized carbons (Fsp3) is 0.375. The van der Waals surface area contributed by atoms with Crippen molar-refractivity contribution in [3.05, 3.63) is 30.4 Å². The zero-order chi connectivity index (χ0) is 8.27. The van der Waals surface area contributed by atoms with Gasteiger partial charge in [-0.25, -0.2) is 4.98 Å². The number of allylic oxidation sites excluding steroid dienone is 1. The highest BCUT2D eigenvalue weighted by molar-refractivity contribution is 4.98. The minimum Gasteiger partial charge on any atom is -0.390 e. The molecule has 0 saturated carbocycles. The number of nitrogens with zero attached hydrogens (tertiary/aromatic N) is 2. The lowest BCUT2D eigenvalue weighted by molar-refractivity contribution is 0.277. The van der Waals surface area contributed by atoms with Gasteiger partial charge in [-0.1, -0.05) is 12.2 Å². The van der Waals surface area contributed by atoms with Crippen LogP contribution in [0.2, 0.25) is 0 Å². The van der Waals surface area contributed by atoms with Crippen molar-refractivity contribution in [3.63, 3.8) is 0 Å². The molecule has 0 bridgehead atoms. The topological polar surface area (TPSA) is 38.0 Å². The van der Waals surface area contributed by atoms with Gasteiger partial charge in [-0.3, -0.25) is 0 Å². The van der Waals surface area contributed by atoms with E-state index >= 15 is 0 Å². The molecule has 0 aliphatic carbocycles. The molecule has 11 heavy (non-hydrogen) atoms. The van der Waals surface area contributed by atoms with Crippen molar-refractivity contribution in [2.45, 2.75) is 20.1 Å². The molecule has 1 aromatic rings. The normalized spacial score (nSPS) is 10.0. The number of imidazole rings is 1. The average Bonchev–Trinajstić information content (AvgIpc) is 2.34. The second-order valence-electron chi connectivity index (χ2n) is 2.65. The first kappa shape index (κ1) is 8.01. The van der Waals surface area contributed by atoms with E-state index in [-0.39, 0.29) is 6.61 Å². The van der Waals surface area contributed by atoms with Crippen molar-refractivity contribution in [2.75, 3.05) is 0 Å². The molecular weight excluding hydrogens is 140 g/mol. The van der Waals surface area contributed by atoms with Crippen LogP contribution in [0.4, 0.5) is 0 Å². The van der Waals surface area contributed by atoms with Gasteiger partial charge in [0.2, 0.25) is 0 Å². The average molecular weight is 152 g/mol. The number of rotatable bonds is 3. The fourth-order valence-corrected chi connectivity index (χ4v) is 0.886. The van der Waals surface area contributed by atoms with Gasteiger partial charge in [0.25, 0.3) is 0 Å². The molecule has 1 N–H and O–H groups in total. The summed E-state index contributed by atoms with van der Waals surface area (Å²) in [6.45, 7) is 6.51. The van der Waals surface area contributed by atoms with Crippen LogP contribution in [-0.2, 0) is 13.2 Å². The van der Waals surface area contributed by atoms with E-state index in [0.717, 1.165) is 12.1 Å². The van der Waals surface area contributed by atoms with Gasteiger partial charge < -0.3 is 9.67 Å². The Balaban J connectivity index is 2.65. The SMILES string of the molecule is C=C(C)Cn1cnc(CO)c1. The van der Waals surface area contributed by atoms with Gasteiger partial charge in [-0.15, -0.1) is 0 Å². The molecule has 0 aromatic carbocycles. The minimum atomic E-state index is 0.00317. The monoisotopic (exact) mass is 152 g/mol. The van der Waals surface area contributed by atoms with Crippen LogP contribution in [0.25, 0.3) is 0 Å². The molecule has 3 heteroatoms. The number of hydrogen-bond acceptors (Lipinski definition) is 2. The standard InChI is InChI=1S/C8H12N2O/c1-7(2)3-10-4-8(5-11)9-6-10/h4,6,11H,1,3,5H2,2H3. The van der Waals surface area contributed by atoms with E-state index in [1.807, 2.05) is 17.7 Å². The molecule has 1 heterocycles. The lowest BCUT2D eigenvalue weighted by Crippen LogP contribution is -1.93. The Morgan fingerprint density at radius 1 is 1.82 bits per heavy atom. The van der Waals surface area contributed by atoms with Gasteiger partial charge in [0.05, 0.1) is 18.6 Å². The first-order valence-corrected chi connectivity index (χ1v) is 3.48. The van der Waals surface area contributed by atoms with Crippen LogP contribution in [0.1, 0.15) is 12.6 Å². The lowest BCUT2D eigenvalue weighted by atomic mass is 10.3. The zero-order valence-corrected chi connectivity index (χ0v) is 6.62.